The molecule has 3 aromatic carbocycles. The molecule has 1 atom stereocenters. The van der Waals surface area contributed by atoms with Gasteiger partial charge in [0.1, 0.15) is 12.4 Å². The average molecular weight is 686 g/mol. The van der Waals surface area contributed by atoms with Crippen LogP contribution in [0.3, 0.4) is 0 Å². The number of hydrogen-bond acceptors (Lipinski definition) is 6. The zero-order chi connectivity index (χ0) is 30.1. The Kier molecular flexibility index (Phi) is 9.08. The Bertz CT molecular complexity index is 1890. The SMILES string of the molecule is COC(=O)C1=C(C)N=c2s/c(=C\c3cc(Br)ccc3OCc3ccc(Cl)cc3Cl)c(=O)n2[C@@H]1c1ccc(C(C)C)cc1. The number of carbonyl (C=O) groups is 1. The molecule has 1 aromatic heterocycles. The Hall–Kier alpha value is -3.17. The second-order valence-corrected chi connectivity index (χ2v) is 12.9. The minimum absolute atomic E-state index is 0.216. The van der Waals surface area contributed by atoms with Gasteiger partial charge in [0.05, 0.1) is 29.0 Å². The molecule has 0 saturated carbocycles. The van der Waals surface area contributed by atoms with Gasteiger partial charge in [-0.1, -0.05) is 94.6 Å². The van der Waals surface area contributed by atoms with Gasteiger partial charge in [0.25, 0.3) is 5.56 Å². The van der Waals surface area contributed by atoms with Crippen LogP contribution in [0.5, 0.6) is 5.75 Å². The van der Waals surface area contributed by atoms with Crippen molar-refractivity contribution >= 4 is 62.5 Å². The molecule has 10 heteroatoms. The van der Waals surface area contributed by atoms with Gasteiger partial charge in [0, 0.05) is 25.6 Å². The van der Waals surface area contributed by atoms with Gasteiger partial charge in [-0.25, -0.2) is 9.79 Å². The lowest BCUT2D eigenvalue weighted by molar-refractivity contribution is -0.136. The van der Waals surface area contributed by atoms with Crippen LogP contribution in [0.25, 0.3) is 6.08 Å². The summed E-state index contributed by atoms with van der Waals surface area (Å²) < 4.78 is 14.1. The number of carbonyl (C=O) groups excluding carboxylic acids is 1. The molecule has 0 bridgehead atoms. The van der Waals surface area contributed by atoms with E-state index in [1.165, 1.54) is 18.4 Å². The molecule has 2 heterocycles. The first-order valence-electron chi connectivity index (χ1n) is 13.1. The third kappa shape index (κ3) is 6.13. The number of thiazole rings is 1. The molecule has 0 unspecified atom stereocenters. The van der Waals surface area contributed by atoms with Gasteiger partial charge in [-0.3, -0.25) is 9.36 Å². The van der Waals surface area contributed by atoms with Crippen molar-refractivity contribution < 1.29 is 14.3 Å². The Morgan fingerprint density at radius 1 is 1.12 bits per heavy atom. The average Bonchev–Trinajstić information content (AvgIpc) is 3.26. The number of fused-ring (bicyclic) bond motifs is 1. The van der Waals surface area contributed by atoms with Crippen LogP contribution in [0.15, 0.2) is 86.2 Å². The van der Waals surface area contributed by atoms with Crippen LogP contribution in [-0.4, -0.2) is 17.6 Å². The van der Waals surface area contributed by atoms with Gasteiger partial charge in [-0.2, -0.15) is 0 Å². The molecule has 0 N–H and O–H groups in total. The Labute approximate surface area is 265 Å². The standard InChI is InChI=1S/C32H27BrCl2N2O4S/c1-17(2)19-5-7-20(8-6-19)29-28(31(39)40-4)18(3)36-32-37(29)30(38)27(42-32)14-22-13-23(33)10-12-26(22)41-16-21-9-11-24(34)15-25(21)35/h5-15,17,29H,16H2,1-4H3/b27-14-/t29-/m1/s1. The summed E-state index contributed by atoms with van der Waals surface area (Å²) in [5.41, 5.74) is 4.02. The highest BCUT2D eigenvalue weighted by molar-refractivity contribution is 9.10. The van der Waals surface area contributed by atoms with Crippen molar-refractivity contribution in [3.05, 3.63) is 128 Å². The maximum Gasteiger partial charge on any atom is 0.338 e. The van der Waals surface area contributed by atoms with Crippen LogP contribution in [0, 0.1) is 0 Å². The first-order valence-corrected chi connectivity index (χ1v) is 15.5. The van der Waals surface area contributed by atoms with Crippen molar-refractivity contribution in [2.45, 2.75) is 39.3 Å². The molecule has 4 aromatic rings. The third-order valence-electron chi connectivity index (χ3n) is 7.00. The van der Waals surface area contributed by atoms with E-state index in [0.29, 0.717) is 47.9 Å². The van der Waals surface area contributed by atoms with E-state index in [9.17, 15) is 9.59 Å². The molecular weight excluding hydrogens is 659 g/mol. The number of benzene rings is 3. The minimum Gasteiger partial charge on any atom is -0.488 e. The van der Waals surface area contributed by atoms with Gasteiger partial charge in [0.15, 0.2) is 4.80 Å². The number of aromatic nitrogens is 1. The molecule has 42 heavy (non-hydrogen) atoms. The van der Waals surface area contributed by atoms with E-state index >= 15 is 0 Å². The maximum absolute atomic E-state index is 14.0. The third-order valence-corrected chi connectivity index (χ3v) is 9.07. The monoisotopic (exact) mass is 684 g/mol. The number of nitrogens with zero attached hydrogens (tertiary/aromatic N) is 2. The molecule has 0 saturated heterocycles. The van der Waals surface area contributed by atoms with Crippen LogP contribution >= 0.6 is 50.5 Å². The topological polar surface area (TPSA) is 69.9 Å². The molecule has 0 fully saturated rings. The van der Waals surface area contributed by atoms with Crippen molar-refractivity contribution in [2.75, 3.05) is 7.11 Å². The van der Waals surface area contributed by atoms with Gasteiger partial charge >= 0.3 is 5.97 Å². The van der Waals surface area contributed by atoms with Crippen molar-refractivity contribution in [1.29, 1.82) is 0 Å². The summed E-state index contributed by atoms with van der Waals surface area (Å²) in [5.74, 6) is 0.394. The summed E-state index contributed by atoms with van der Waals surface area (Å²) in [6.45, 7) is 6.21. The van der Waals surface area contributed by atoms with Crippen LogP contribution in [-0.2, 0) is 16.1 Å². The number of esters is 1. The predicted molar refractivity (Wildman–Crippen MR) is 171 cm³/mol. The lowest BCUT2D eigenvalue weighted by Gasteiger charge is -2.24. The van der Waals surface area contributed by atoms with Crippen molar-refractivity contribution in [3.63, 3.8) is 0 Å². The van der Waals surface area contributed by atoms with E-state index < -0.39 is 12.0 Å². The van der Waals surface area contributed by atoms with Crippen LogP contribution in [0.2, 0.25) is 10.0 Å². The minimum atomic E-state index is -0.678. The first-order chi connectivity index (χ1) is 20.1. The van der Waals surface area contributed by atoms with Crippen LogP contribution in [0.4, 0.5) is 0 Å². The molecule has 6 nitrogen and oxygen atoms in total. The smallest absolute Gasteiger partial charge is 0.338 e. The summed E-state index contributed by atoms with van der Waals surface area (Å²) in [7, 11) is 1.33. The second-order valence-electron chi connectivity index (χ2n) is 10.1. The van der Waals surface area contributed by atoms with Crippen molar-refractivity contribution in [3.8, 4) is 5.75 Å². The summed E-state index contributed by atoms with van der Waals surface area (Å²) in [6.07, 6.45) is 1.78. The van der Waals surface area contributed by atoms with Crippen molar-refractivity contribution in [1.82, 2.24) is 4.57 Å². The van der Waals surface area contributed by atoms with E-state index in [4.69, 9.17) is 32.7 Å². The zero-order valence-corrected chi connectivity index (χ0v) is 27.2. The highest BCUT2D eigenvalue weighted by Gasteiger charge is 2.33. The van der Waals surface area contributed by atoms with Crippen LogP contribution in [0.1, 0.15) is 55.0 Å². The fourth-order valence-corrected chi connectivity index (χ4v) is 6.65. The van der Waals surface area contributed by atoms with Crippen LogP contribution < -0.4 is 19.6 Å². The van der Waals surface area contributed by atoms with E-state index in [-0.39, 0.29) is 12.2 Å². The molecule has 5 rings (SSSR count). The molecule has 0 radical (unpaired) electrons. The first kappa shape index (κ1) is 30.3. The molecule has 0 amide bonds. The van der Waals surface area contributed by atoms with Gasteiger partial charge < -0.3 is 9.47 Å². The summed E-state index contributed by atoms with van der Waals surface area (Å²) >= 11 is 17.2. The van der Waals surface area contributed by atoms with Crippen molar-refractivity contribution in [2.24, 2.45) is 4.99 Å². The lowest BCUT2D eigenvalue weighted by Crippen LogP contribution is -2.39. The van der Waals surface area contributed by atoms with E-state index in [0.717, 1.165) is 21.2 Å². The molecule has 1 aliphatic heterocycles. The molecule has 0 aliphatic carbocycles. The molecule has 0 spiro atoms. The number of hydrogen-bond donors (Lipinski definition) is 0. The summed E-state index contributed by atoms with van der Waals surface area (Å²) in [5, 5.41) is 1.05. The number of ether oxygens (including phenoxy) is 2. The normalized spacial score (nSPS) is 15.0. The largest absolute Gasteiger partial charge is 0.488 e. The Balaban J connectivity index is 1.61. The fraction of sp³-hybridized carbons (Fsp3) is 0.219. The number of allylic oxidation sites excluding steroid dienone is 1. The quantitative estimate of drug-likeness (QED) is 0.193. The van der Waals surface area contributed by atoms with Gasteiger partial charge in [-0.15, -0.1) is 0 Å². The number of halogens is 3. The molecule has 1 aliphatic rings. The highest BCUT2D eigenvalue weighted by Crippen LogP contribution is 2.32. The Morgan fingerprint density at radius 2 is 1.86 bits per heavy atom. The van der Waals surface area contributed by atoms with Gasteiger partial charge in [0.2, 0.25) is 0 Å². The summed E-state index contributed by atoms with van der Waals surface area (Å²) in [6, 6.07) is 18.1. The lowest BCUT2D eigenvalue weighted by atomic mass is 9.93. The second kappa shape index (κ2) is 12.6. The van der Waals surface area contributed by atoms with E-state index in [2.05, 4.69) is 34.8 Å². The van der Waals surface area contributed by atoms with E-state index in [1.54, 1.807) is 29.7 Å². The predicted octanol–water partition coefficient (Wildman–Crippen LogP) is 7.18. The number of methoxy groups -OCH3 is 1. The van der Waals surface area contributed by atoms with E-state index in [1.807, 2.05) is 48.5 Å². The highest BCUT2D eigenvalue weighted by atomic mass is 79.9. The molecular formula is C32H27BrCl2N2O4S. The molecule has 216 valence electrons. The Morgan fingerprint density at radius 3 is 2.52 bits per heavy atom. The fourth-order valence-electron chi connectivity index (χ4n) is 4.77. The summed E-state index contributed by atoms with van der Waals surface area (Å²) in [4.78, 5) is 32.1. The maximum atomic E-state index is 14.0. The number of rotatable bonds is 7. The van der Waals surface area contributed by atoms with Gasteiger partial charge in [-0.05, 0) is 60.4 Å². The zero-order valence-electron chi connectivity index (χ0n) is 23.3.